The van der Waals surface area contributed by atoms with Gasteiger partial charge in [-0.05, 0) is 61.1 Å². The fourth-order valence-corrected chi connectivity index (χ4v) is 4.50. The Bertz CT molecular complexity index is 1450. The molecular formula is C30H28N2O6. The van der Waals surface area contributed by atoms with E-state index in [0.717, 1.165) is 33.6 Å². The highest BCUT2D eigenvalue weighted by molar-refractivity contribution is 5.91. The Morgan fingerprint density at radius 2 is 1.53 bits per heavy atom. The third-order valence-electron chi connectivity index (χ3n) is 7.04. The summed E-state index contributed by atoms with van der Waals surface area (Å²) in [6.07, 6.45) is 0.266. The van der Waals surface area contributed by atoms with Gasteiger partial charge < -0.3 is 19.1 Å². The number of methoxy groups -OCH3 is 1. The summed E-state index contributed by atoms with van der Waals surface area (Å²) in [5.41, 5.74) is 4.62. The molecule has 0 spiro atoms. The lowest BCUT2D eigenvalue weighted by Crippen LogP contribution is -2.19. The fraction of sp³-hybridized carbons (Fsp3) is 0.233. The Balaban J connectivity index is 1.28. The number of ether oxygens (including phenoxy) is 2. The average molecular weight is 513 g/mol. The van der Waals surface area contributed by atoms with Crippen molar-refractivity contribution in [2.24, 2.45) is 0 Å². The first-order valence-corrected chi connectivity index (χ1v) is 12.3. The first-order chi connectivity index (χ1) is 18.3. The topological polar surface area (TPSA) is 111 Å². The van der Waals surface area contributed by atoms with Gasteiger partial charge in [0.15, 0.2) is 5.76 Å². The van der Waals surface area contributed by atoms with Gasteiger partial charge in [-0.2, -0.15) is 0 Å². The van der Waals surface area contributed by atoms with Gasteiger partial charge in [0.05, 0.1) is 12.5 Å². The molecule has 4 aromatic rings. The molecule has 1 saturated carbocycles. The van der Waals surface area contributed by atoms with Crippen LogP contribution in [0, 0.1) is 6.92 Å². The van der Waals surface area contributed by atoms with Crippen molar-refractivity contribution in [3.63, 3.8) is 0 Å². The number of nitrogens with one attached hydrogen (secondary N) is 1. The van der Waals surface area contributed by atoms with E-state index in [1.807, 2.05) is 72.8 Å². The summed E-state index contributed by atoms with van der Waals surface area (Å²) >= 11 is 0. The van der Waals surface area contributed by atoms with Crippen molar-refractivity contribution in [3.05, 3.63) is 89.6 Å². The van der Waals surface area contributed by atoms with Crippen LogP contribution in [0.4, 0.5) is 10.5 Å². The maximum atomic E-state index is 12.7. The molecule has 1 fully saturated rings. The minimum Gasteiger partial charge on any atom is -0.497 e. The molecule has 0 radical (unpaired) electrons. The number of aliphatic carboxylic acids is 1. The third kappa shape index (κ3) is 4.85. The van der Waals surface area contributed by atoms with Crippen molar-refractivity contribution in [2.45, 2.75) is 38.2 Å². The molecule has 0 saturated heterocycles. The van der Waals surface area contributed by atoms with Crippen LogP contribution in [-0.2, 0) is 14.9 Å². The van der Waals surface area contributed by atoms with Crippen molar-refractivity contribution in [2.75, 3.05) is 12.4 Å². The molecular weight excluding hydrogens is 484 g/mol. The smallest absolute Gasteiger partial charge is 0.412 e. The Labute approximate surface area is 220 Å². The molecule has 2 N–H and O–H groups in total. The summed E-state index contributed by atoms with van der Waals surface area (Å²) in [4.78, 5) is 24.3. The molecule has 1 amide bonds. The second-order valence-electron chi connectivity index (χ2n) is 9.46. The van der Waals surface area contributed by atoms with Gasteiger partial charge >= 0.3 is 12.1 Å². The zero-order valence-electron chi connectivity index (χ0n) is 21.4. The van der Waals surface area contributed by atoms with Crippen molar-refractivity contribution in [1.29, 1.82) is 0 Å². The van der Waals surface area contributed by atoms with E-state index in [9.17, 15) is 14.7 Å². The number of aryl methyl sites for hydroxylation is 1. The molecule has 38 heavy (non-hydrogen) atoms. The van der Waals surface area contributed by atoms with Crippen molar-refractivity contribution < 1.29 is 28.7 Å². The first kappa shape index (κ1) is 25.1. The summed E-state index contributed by atoms with van der Waals surface area (Å²) < 4.78 is 16.3. The maximum absolute atomic E-state index is 12.7. The highest BCUT2D eigenvalue weighted by atomic mass is 16.6. The summed E-state index contributed by atoms with van der Waals surface area (Å²) in [7, 11) is 1.60. The van der Waals surface area contributed by atoms with Gasteiger partial charge in [0.2, 0.25) is 0 Å². The molecule has 3 aromatic carbocycles. The number of nitrogens with zero attached hydrogens (tertiary/aromatic N) is 1. The van der Waals surface area contributed by atoms with E-state index in [4.69, 9.17) is 14.0 Å². The van der Waals surface area contributed by atoms with Crippen molar-refractivity contribution in [3.8, 4) is 28.2 Å². The van der Waals surface area contributed by atoms with Crippen LogP contribution < -0.4 is 10.1 Å². The number of aromatic nitrogens is 1. The first-order valence-electron chi connectivity index (χ1n) is 12.3. The lowest BCUT2D eigenvalue weighted by Gasteiger charge is -2.15. The van der Waals surface area contributed by atoms with Gasteiger partial charge in [-0.3, -0.25) is 10.1 Å². The number of carbonyl (C=O) groups is 2. The summed E-state index contributed by atoms with van der Waals surface area (Å²) in [5, 5.41) is 16.3. The predicted octanol–water partition coefficient (Wildman–Crippen LogP) is 6.75. The highest BCUT2D eigenvalue weighted by Crippen LogP contribution is 2.48. The van der Waals surface area contributed by atoms with Crippen molar-refractivity contribution in [1.82, 2.24) is 5.16 Å². The normalized spacial score (nSPS) is 14.4. The van der Waals surface area contributed by atoms with E-state index >= 15 is 0 Å². The van der Waals surface area contributed by atoms with Crippen LogP contribution in [0.25, 0.3) is 22.5 Å². The Morgan fingerprint density at radius 1 is 0.947 bits per heavy atom. The average Bonchev–Trinajstić information content (AvgIpc) is 3.68. The molecule has 5 rings (SSSR count). The molecule has 0 bridgehead atoms. The Morgan fingerprint density at radius 3 is 2.08 bits per heavy atom. The zero-order chi connectivity index (χ0) is 26.9. The number of carbonyl (C=O) groups excluding carboxylic acids is 1. The number of carboxylic acids is 1. The number of carboxylic acid groups (broad SMARTS) is 1. The molecule has 0 aliphatic heterocycles. The highest BCUT2D eigenvalue weighted by Gasteiger charge is 2.51. The minimum absolute atomic E-state index is 0.426. The van der Waals surface area contributed by atoms with Gasteiger partial charge in [-0.25, -0.2) is 4.79 Å². The van der Waals surface area contributed by atoms with E-state index in [1.54, 1.807) is 21.0 Å². The third-order valence-corrected chi connectivity index (χ3v) is 7.04. The van der Waals surface area contributed by atoms with Crippen molar-refractivity contribution >= 4 is 17.7 Å². The molecule has 1 atom stereocenters. The van der Waals surface area contributed by atoms with E-state index in [-0.39, 0.29) is 0 Å². The van der Waals surface area contributed by atoms with E-state index in [1.165, 1.54) is 0 Å². The number of benzene rings is 3. The summed E-state index contributed by atoms with van der Waals surface area (Å²) in [6.45, 7) is 3.54. The second kappa shape index (κ2) is 10.0. The van der Waals surface area contributed by atoms with Crippen LogP contribution in [0.15, 0.2) is 77.3 Å². The van der Waals surface area contributed by atoms with Crippen LogP contribution >= 0.6 is 0 Å². The number of amides is 1. The lowest BCUT2D eigenvalue weighted by atomic mass is 9.93. The van der Waals surface area contributed by atoms with E-state index < -0.39 is 23.6 Å². The largest absolute Gasteiger partial charge is 0.497 e. The molecule has 1 aromatic heterocycles. The van der Waals surface area contributed by atoms with Gasteiger partial charge in [0, 0.05) is 5.56 Å². The zero-order valence-corrected chi connectivity index (χ0v) is 21.4. The van der Waals surface area contributed by atoms with Crippen LogP contribution in [-0.4, -0.2) is 29.4 Å². The molecule has 8 nitrogen and oxygen atoms in total. The number of hydrogen-bond donors (Lipinski definition) is 2. The van der Waals surface area contributed by atoms with Gasteiger partial charge in [-0.15, -0.1) is 0 Å². The molecule has 1 unspecified atom stereocenters. The standard InChI is InChI=1S/C30H28N2O6/c1-18-26(31-29(35)37-19(2)20-10-14-25(36-3)15-11-20)27(38-32-18)23-6-4-21(5-7-23)22-8-12-24(13-9-22)30(16-17-30)28(33)34/h4-15,19H,16-17H2,1-3H3,(H,31,35)(H,33,34). The predicted molar refractivity (Wildman–Crippen MR) is 142 cm³/mol. The molecule has 8 heteroatoms. The molecule has 1 aliphatic rings. The van der Waals surface area contributed by atoms with Crippen LogP contribution in [0.3, 0.4) is 0 Å². The van der Waals surface area contributed by atoms with Gasteiger partial charge in [-0.1, -0.05) is 65.8 Å². The fourth-order valence-electron chi connectivity index (χ4n) is 4.50. The lowest BCUT2D eigenvalue weighted by molar-refractivity contribution is -0.140. The quantitative estimate of drug-likeness (QED) is 0.269. The summed E-state index contributed by atoms with van der Waals surface area (Å²) in [5.74, 6) is 0.388. The van der Waals surface area contributed by atoms with Gasteiger partial charge in [0.1, 0.15) is 23.2 Å². The minimum atomic E-state index is -0.763. The maximum Gasteiger partial charge on any atom is 0.412 e. The van der Waals surface area contributed by atoms with Crippen LogP contribution in [0.1, 0.15) is 42.7 Å². The van der Waals surface area contributed by atoms with E-state index in [0.29, 0.717) is 30.0 Å². The number of anilines is 1. The summed E-state index contributed by atoms with van der Waals surface area (Å²) in [6, 6.07) is 22.7. The Kier molecular flexibility index (Phi) is 6.63. The Hall–Kier alpha value is -4.59. The second-order valence-corrected chi connectivity index (χ2v) is 9.46. The number of hydrogen-bond acceptors (Lipinski definition) is 6. The molecule has 1 heterocycles. The number of rotatable bonds is 8. The molecule has 1 aliphatic carbocycles. The van der Waals surface area contributed by atoms with E-state index in [2.05, 4.69) is 10.5 Å². The SMILES string of the molecule is COc1ccc(C(C)OC(=O)Nc2c(C)noc2-c2ccc(-c3ccc(C4(C(=O)O)CC4)cc3)cc2)cc1. The van der Waals surface area contributed by atoms with Crippen LogP contribution in [0.2, 0.25) is 0 Å². The monoisotopic (exact) mass is 512 g/mol. The van der Waals surface area contributed by atoms with Crippen LogP contribution in [0.5, 0.6) is 5.75 Å². The van der Waals surface area contributed by atoms with Gasteiger partial charge in [0.25, 0.3) is 0 Å². The molecule has 194 valence electrons.